The highest BCUT2D eigenvalue weighted by molar-refractivity contribution is 5.87. The first-order valence-corrected chi connectivity index (χ1v) is 7.20. The number of hydrogen-bond donors (Lipinski definition) is 1. The van der Waals surface area contributed by atoms with E-state index in [9.17, 15) is 0 Å². The lowest BCUT2D eigenvalue weighted by atomic mass is 10.0. The van der Waals surface area contributed by atoms with Crippen LogP contribution in [0.4, 0.5) is 0 Å². The second-order valence-electron chi connectivity index (χ2n) is 5.07. The predicted octanol–water partition coefficient (Wildman–Crippen LogP) is 1.14. The van der Waals surface area contributed by atoms with Crippen molar-refractivity contribution in [3.05, 3.63) is 77.9 Å². The van der Waals surface area contributed by atoms with Crippen molar-refractivity contribution in [2.75, 3.05) is 7.05 Å². The molecule has 0 heterocycles. The van der Waals surface area contributed by atoms with Crippen LogP contribution in [0.5, 0.6) is 5.75 Å². The molecule has 0 amide bonds. The van der Waals surface area contributed by atoms with Gasteiger partial charge in [-0.25, -0.2) is 0 Å². The average molecular weight is 313 g/mol. The fraction of sp³-hybridized carbons (Fsp3) is 0.158. The molecule has 2 nitrogen and oxygen atoms in total. The monoisotopic (exact) mass is 312 g/mol. The maximum atomic E-state index is 6.04. The van der Waals surface area contributed by atoms with Crippen LogP contribution in [0.2, 0.25) is 0 Å². The van der Waals surface area contributed by atoms with E-state index in [-0.39, 0.29) is 12.4 Å². The van der Waals surface area contributed by atoms with Crippen LogP contribution in [0.25, 0.3) is 10.8 Å². The standard InChI is InChI=1S/C19H19NO.ClH/c1-20-13-18-17-10-6-5-9-16(17)11-12-19(18)21-14-15-7-3-2-4-8-15;/h2-12,20H,13-14H2,1H3;1H/p-1. The first-order chi connectivity index (χ1) is 10.4. The smallest absolute Gasteiger partial charge is 0.124 e. The summed E-state index contributed by atoms with van der Waals surface area (Å²) in [6, 6.07) is 22.9. The van der Waals surface area contributed by atoms with Gasteiger partial charge in [0.1, 0.15) is 12.4 Å². The second-order valence-corrected chi connectivity index (χ2v) is 5.07. The van der Waals surface area contributed by atoms with Gasteiger partial charge < -0.3 is 22.5 Å². The Morgan fingerprint density at radius 2 is 1.59 bits per heavy atom. The van der Waals surface area contributed by atoms with E-state index in [2.05, 4.69) is 53.8 Å². The zero-order chi connectivity index (χ0) is 14.5. The molecule has 0 unspecified atom stereocenters. The lowest BCUT2D eigenvalue weighted by Gasteiger charge is -2.14. The molecule has 22 heavy (non-hydrogen) atoms. The lowest BCUT2D eigenvalue weighted by molar-refractivity contribution is -0.00000452. The van der Waals surface area contributed by atoms with Crippen LogP contribution in [0.15, 0.2) is 66.7 Å². The van der Waals surface area contributed by atoms with E-state index in [0.717, 1.165) is 12.3 Å². The Hall–Kier alpha value is -2.03. The molecule has 3 aromatic carbocycles. The molecule has 3 rings (SSSR count). The minimum atomic E-state index is 0. The molecular weight excluding hydrogens is 294 g/mol. The summed E-state index contributed by atoms with van der Waals surface area (Å²) in [6.45, 7) is 1.39. The molecule has 0 radical (unpaired) electrons. The van der Waals surface area contributed by atoms with Gasteiger partial charge in [-0.05, 0) is 29.4 Å². The van der Waals surface area contributed by atoms with Crippen molar-refractivity contribution in [3.8, 4) is 5.75 Å². The third-order valence-corrected chi connectivity index (χ3v) is 3.59. The Labute approximate surface area is 137 Å². The summed E-state index contributed by atoms with van der Waals surface area (Å²) in [4.78, 5) is 0. The van der Waals surface area contributed by atoms with Gasteiger partial charge in [-0.15, -0.1) is 0 Å². The first kappa shape index (κ1) is 16.3. The van der Waals surface area contributed by atoms with E-state index in [4.69, 9.17) is 4.74 Å². The van der Waals surface area contributed by atoms with Gasteiger partial charge in [0.05, 0.1) is 0 Å². The van der Waals surface area contributed by atoms with Gasteiger partial charge in [0, 0.05) is 12.1 Å². The van der Waals surface area contributed by atoms with Gasteiger partial charge >= 0.3 is 0 Å². The van der Waals surface area contributed by atoms with E-state index < -0.39 is 0 Å². The number of rotatable bonds is 5. The van der Waals surface area contributed by atoms with Crippen molar-refractivity contribution in [3.63, 3.8) is 0 Å². The molecule has 3 heteroatoms. The van der Waals surface area contributed by atoms with Crippen molar-refractivity contribution in [2.24, 2.45) is 0 Å². The van der Waals surface area contributed by atoms with Gasteiger partial charge in [0.15, 0.2) is 0 Å². The highest BCUT2D eigenvalue weighted by Gasteiger charge is 2.08. The van der Waals surface area contributed by atoms with Crippen LogP contribution >= 0.6 is 0 Å². The van der Waals surface area contributed by atoms with E-state index in [1.165, 1.54) is 21.9 Å². The third-order valence-electron chi connectivity index (χ3n) is 3.59. The van der Waals surface area contributed by atoms with E-state index in [0.29, 0.717) is 6.61 Å². The fourth-order valence-corrected chi connectivity index (χ4v) is 2.55. The van der Waals surface area contributed by atoms with Crippen LogP contribution in [0.3, 0.4) is 0 Å². The molecule has 0 fully saturated rings. The Kier molecular flexibility index (Phi) is 5.82. The average Bonchev–Trinajstić information content (AvgIpc) is 2.55. The number of hydrogen-bond acceptors (Lipinski definition) is 2. The quantitative estimate of drug-likeness (QED) is 0.763. The van der Waals surface area contributed by atoms with Crippen LogP contribution in [-0.4, -0.2) is 7.05 Å². The fourth-order valence-electron chi connectivity index (χ4n) is 2.55. The summed E-state index contributed by atoms with van der Waals surface area (Å²) in [6.07, 6.45) is 0. The van der Waals surface area contributed by atoms with E-state index >= 15 is 0 Å². The zero-order valence-corrected chi connectivity index (χ0v) is 13.3. The van der Waals surface area contributed by atoms with Crippen LogP contribution in [-0.2, 0) is 13.2 Å². The predicted molar refractivity (Wildman–Crippen MR) is 87.5 cm³/mol. The van der Waals surface area contributed by atoms with Gasteiger partial charge in [-0.2, -0.15) is 0 Å². The molecule has 0 saturated carbocycles. The molecule has 1 N–H and O–H groups in total. The molecule has 0 aromatic heterocycles. The van der Waals surface area contributed by atoms with Crippen molar-refractivity contribution >= 4 is 10.8 Å². The Bertz CT molecular complexity index is 728. The van der Waals surface area contributed by atoms with Crippen molar-refractivity contribution in [2.45, 2.75) is 13.2 Å². The SMILES string of the molecule is CNCc1c(OCc2ccccc2)ccc2ccccc12.[Cl-]. The van der Waals surface area contributed by atoms with Gasteiger partial charge in [-0.3, -0.25) is 0 Å². The molecule has 0 bridgehead atoms. The number of benzene rings is 3. The highest BCUT2D eigenvalue weighted by atomic mass is 35.5. The molecule has 3 aromatic rings. The molecule has 0 saturated heterocycles. The number of fused-ring (bicyclic) bond motifs is 1. The number of halogens is 1. The minimum absolute atomic E-state index is 0. The van der Waals surface area contributed by atoms with Crippen molar-refractivity contribution < 1.29 is 17.1 Å². The summed E-state index contributed by atoms with van der Waals surface area (Å²) in [5.41, 5.74) is 2.40. The number of ether oxygens (including phenoxy) is 1. The summed E-state index contributed by atoms with van der Waals surface area (Å²) in [5.74, 6) is 0.951. The second kappa shape index (κ2) is 7.83. The highest BCUT2D eigenvalue weighted by Crippen LogP contribution is 2.28. The topological polar surface area (TPSA) is 21.3 Å². The third kappa shape index (κ3) is 3.59. The number of nitrogens with one attached hydrogen (secondary N) is 1. The maximum absolute atomic E-state index is 6.04. The van der Waals surface area contributed by atoms with Gasteiger partial charge in [0.2, 0.25) is 0 Å². The minimum Gasteiger partial charge on any atom is -1.00 e. The summed E-state index contributed by atoms with van der Waals surface area (Å²) in [7, 11) is 1.96. The lowest BCUT2D eigenvalue weighted by Crippen LogP contribution is -3.00. The maximum Gasteiger partial charge on any atom is 0.124 e. The molecule has 0 aliphatic heterocycles. The van der Waals surface area contributed by atoms with E-state index in [1.807, 2.05) is 25.2 Å². The van der Waals surface area contributed by atoms with E-state index in [1.54, 1.807) is 0 Å². The molecule has 0 atom stereocenters. The Balaban J connectivity index is 0.00000176. The Morgan fingerprint density at radius 1 is 0.864 bits per heavy atom. The zero-order valence-electron chi connectivity index (χ0n) is 12.6. The van der Waals surface area contributed by atoms with Crippen LogP contribution in [0, 0.1) is 0 Å². The summed E-state index contributed by atoms with van der Waals surface area (Å²) >= 11 is 0. The molecule has 0 aliphatic carbocycles. The van der Waals surface area contributed by atoms with Gasteiger partial charge in [0.25, 0.3) is 0 Å². The molecule has 0 spiro atoms. The normalized spacial score (nSPS) is 10.2. The largest absolute Gasteiger partial charge is 1.00 e. The van der Waals surface area contributed by atoms with Crippen molar-refractivity contribution in [1.29, 1.82) is 0 Å². The Morgan fingerprint density at radius 3 is 2.36 bits per heavy atom. The van der Waals surface area contributed by atoms with Crippen LogP contribution in [0.1, 0.15) is 11.1 Å². The summed E-state index contributed by atoms with van der Waals surface area (Å²) in [5, 5.41) is 5.73. The summed E-state index contributed by atoms with van der Waals surface area (Å²) < 4.78 is 6.04. The molecule has 114 valence electrons. The van der Waals surface area contributed by atoms with Crippen LogP contribution < -0.4 is 22.5 Å². The first-order valence-electron chi connectivity index (χ1n) is 7.20. The van der Waals surface area contributed by atoms with Crippen molar-refractivity contribution in [1.82, 2.24) is 5.32 Å². The molecular formula is C19H19ClNO-. The van der Waals surface area contributed by atoms with Gasteiger partial charge in [-0.1, -0.05) is 60.7 Å². The molecule has 0 aliphatic rings.